The molecule has 0 radical (unpaired) electrons. The van der Waals surface area contributed by atoms with Gasteiger partial charge in [-0.05, 0) is 6.07 Å². The molecule has 1 N–H and O–H groups in total. The van der Waals surface area contributed by atoms with Gasteiger partial charge in [0.25, 0.3) is 5.69 Å². The van der Waals surface area contributed by atoms with Crippen molar-refractivity contribution in [1.29, 1.82) is 0 Å². The van der Waals surface area contributed by atoms with Crippen LogP contribution in [0.4, 0.5) is 11.5 Å². The van der Waals surface area contributed by atoms with E-state index in [1.54, 1.807) is 6.20 Å². The highest BCUT2D eigenvalue weighted by Gasteiger charge is 2.12. The summed E-state index contributed by atoms with van der Waals surface area (Å²) in [5.74, 6) is -0.464. The van der Waals surface area contributed by atoms with Crippen LogP contribution in [0.25, 0.3) is 10.8 Å². The molecule has 0 saturated heterocycles. The zero-order chi connectivity index (χ0) is 17.8. The van der Waals surface area contributed by atoms with Gasteiger partial charge in [0.2, 0.25) is 0 Å². The van der Waals surface area contributed by atoms with Crippen molar-refractivity contribution < 1.29 is 14.8 Å². The van der Waals surface area contributed by atoms with Gasteiger partial charge in [0, 0.05) is 28.2 Å². The smallest absolute Gasteiger partial charge is 0.266 e. The number of methoxy groups -OCH3 is 1. The van der Waals surface area contributed by atoms with E-state index >= 15 is 0 Å². The molecule has 0 saturated carbocycles. The number of hydrogen-bond acceptors (Lipinski definition) is 8. The molecule has 1 heterocycles. The van der Waals surface area contributed by atoms with Crippen LogP contribution in [0, 0.1) is 10.1 Å². The van der Waals surface area contributed by atoms with Crippen molar-refractivity contribution in [2.75, 3.05) is 12.5 Å². The van der Waals surface area contributed by atoms with Gasteiger partial charge < -0.3 is 9.84 Å². The molecule has 3 aromatic rings. The van der Waals surface area contributed by atoms with Gasteiger partial charge in [-0.1, -0.05) is 24.3 Å². The van der Waals surface area contributed by atoms with Crippen molar-refractivity contribution >= 4 is 28.5 Å². The molecule has 0 amide bonds. The third-order valence-electron chi connectivity index (χ3n) is 3.43. The Morgan fingerprint density at radius 3 is 2.88 bits per heavy atom. The number of hydrazone groups is 1. The van der Waals surface area contributed by atoms with E-state index < -0.39 is 16.4 Å². The highest BCUT2D eigenvalue weighted by molar-refractivity contribution is 5.91. The van der Waals surface area contributed by atoms with Gasteiger partial charge in [-0.25, -0.2) is 0 Å². The maximum Gasteiger partial charge on any atom is 0.266 e. The number of fused-ring (bicyclic) bond motifs is 1. The van der Waals surface area contributed by atoms with Crippen LogP contribution in [0.1, 0.15) is 5.56 Å². The third-order valence-corrected chi connectivity index (χ3v) is 3.43. The fraction of sp³-hybridized carbons (Fsp3) is 0.0625. The molecule has 9 nitrogen and oxygen atoms in total. The minimum Gasteiger partial charge on any atom is -0.865 e. The lowest BCUT2D eigenvalue weighted by molar-refractivity contribution is -0.398. The standard InChI is InChI=1S/C16H13N5O4/c1-25-14-7-10(6-13(15(14)22)21(23)24)8-17-19-16-12-5-3-2-4-11(12)9-18-20-16/h2-9,22H,1H3,(H,19,20)/p-1/b17-8-. The molecule has 0 bridgehead atoms. The Kier molecular flexibility index (Phi) is 4.38. The predicted molar refractivity (Wildman–Crippen MR) is 89.8 cm³/mol. The molecule has 0 spiro atoms. The molecule has 25 heavy (non-hydrogen) atoms. The number of ether oxygens (including phenoxy) is 1. The van der Waals surface area contributed by atoms with Crippen LogP contribution >= 0.6 is 0 Å². The molecule has 3 rings (SSSR count). The summed E-state index contributed by atoms with van der Waals surface area (Å²) in [6.07, 6.45) is 2.96. The molecule has 0 fully saturated rings. The lowest BCUT2D eigenvalue weighted by atomic mass is 10.2. The number of nitro benzene ring substituents is 1. The number of nitrogens with zero attached hydrogens (tertiary/aromatic N) is 4. The van der Waals surface area contributed by atoms with Crippen molar-refractivity contribution in [3.05, 3.63) is 58.3 Å². The molecule has 0 aliphatic carbocycles. The molecule has 2 aromatic carbocycles. The molecule has 9 heteroatoms. The van der Waals surface area contributed by atoms with E-state index in [2.05, 4.69) is 20.7 Å². The number of anilines is 1. The second-order valence-corrected chi connectivity index (χ2v) is 4.98. The molecular formula is C16H12N5O4-. The number of nitrogens with one attached hydrogen (secondary N) is 1. The molecule has 0 unspecified atom stereocenters. The van der Waals surface area contributed by atoms with Crippen LogP contribution in [0.2, 0.25) is 0 Å². The summed E-state index contributed by atoms with van der Waals surface area (Å²) in [5.41, 5.74) is 2.50. The average molecular weight is 338 g/mol. The summed E-state index contributed by atoms with van der Waals surface area (Å²) in [5, 5.41) is 36.3. The van der Waals surface area contributed by atoms with E-state index in [0.29, 0.717) is 11.4 Å². The predicted octanol–water partition coefficient (Wildman–Crippen LogP) is 2.07. The van der Waals surface area contributed by atoms with Crippen molar-refractivity contribution in [2.24, 2.45) is 5.10 Å². The lowest BCUT2D eigenvalue weighted by Gasteiger charge is -2.13. The zero-order valence-corrected chi connectivity index (χ0v) is 13.0. The van der Waals surface area contributed by atoms with Gasteiger partial charge in [0.05, 0.1) is 24.4 Å². The Morgan fingerprint density at radius 2 is 2.12 bits per heavy atom. The Labute approximate surface area is 141 Å². The first-order valence-corrected chi connectivity index (χ1v) is 7.13. The highest BCUT2D eigenvalue weighted by atomic mass is 16.6. The molecule has 0 aliphatic rings. The molecule has 126 valence electrons. The number of nitro groups is 1. The Hall–Kier alpha value is -3.75. The number of rotatable bonds is 5. The third kappa shape index (κ3) is 3.29. The number of benzene rings is 2. The highest BCUT2D eigenvalue weighted by Crippen LogP contribution is 2.33. The largest absolute Gasteiger partial charge is 0.865 e. The molecule has 1 aromatic heterocycles. The minimum absolute atomic E-state index is 0.124. The number of hydrogen-bond donors (Lipinski definition) is 1. The summed E-state index contributed by atoms with van der Waals surface area (Å²) in [4.78, 5) is 10.2. The fourth-order valence-electron chi connectivity index (χ4n) is 2.25. The van der Waals surface area contributed by atoms with E-state index in [4.69, 9.17) is 4.74 Å². The van der Waals surface area contributed by atoms with E-state index in [-0.39, 0.29) is 5.75 Å². The van der Waals surface area contributed by atoms with Crippen LogP contribution in [0.5, 0.6) is 11.5 Å². The van der Waals surface area contributed by atoms with Crippen molar-refractivity contribution in [2.45, 2.75) is 0 Å². The second kappa shape index (κ2) is 6.79. The summed E-state index contributed by atoms with van der Waals surface area (Å²) in [6, 6.07) is 10.00. The summed E-state index contributed by atoms with van der Waals surface area (Å²) < 4.78 is 4.88. The van der Waals surface area contributed by atoms with Gasteiger partial charge in [-0.2, -0.15) is 10.2 Å². The maximum atomic E-state index is 11.8. The lowest BCUT2D eigenvalue weighted by Crippen LogP contribution is -2.02. The molecule has 0 aliphatic heterocycles. The Morgan fingerprint density at radius 1 is 1.32 bits per heavy atom. The maximum absolute atomic E-state index is 11.8. The fourth-order valence-corrected chi connectivity index (χ4v) is 2.25. The van der Waals surface area contributed by atoms with E-state index in [1.807, 2.05) is 24.3 Å². The monoisotopic (exact) mass is 338 g/mol. The van der Waals surface area contributed by atoms with E-state index in [1.165, 1.54) is 19.4 Å². The summed E-state index contributed by atoms with van der Waals surface area (Å²) in [7, 11) is 1.27. The first kappa shape index (κ1) is 16.1. The van der Waals surface area contributed by atoms with Crippen LogP contribution < -0.4 is 15.3 Å². The van der Waals surface area contributed by atoms with Crippen molar-refractivity contribution in [1.82, 2.24) is 10.2 Å². The van der Waals surface area contributed by atoms with E-state index in [9.17, 15) is 15.2 Å². The molecule has 0 atom stereocenters. The van der Waals surface area contributed by atoms with Gasteiger partial charge in [-0.15, -0.1) is 5.10 Å². The van der Waals surface area contributed by atoms with Gasteiger partial charge in [-0.3, -0.25) is 15.5 Å². The van der Waals surface area contributed by atoms with Gasteiger partial charge >= 0.3 is 0 Å². The van der Waals surface area contributed by atoms with Gasteiger partial charge in [0.1, 0.15) is 5.75 Å². The topological polar surface area (TPSA) is 126 Å². The first-order valence-electron chi connectivity index (χ1n) is 7.13. The van der Waals surface area contributed by atoms with Crippen LogP contribution in [-0.4, -0.2) is 28.4 Å². The quantitative estimate of drug-likeness (QED) is 0.428. The number of aromatic nitrogens is 2. The minimum atomic E-state index is -0.780. The van der Waals surface area contributed by atoms with Crippen LogP contribution in [-0.2, 0) is 0 Å². The average Bonchev–Trinajstić information content (AvgIpc) is 2.62. The zero-order valence-electron chi connectivity index (χ0n) is 13.0. The summed E-state index contributed by atoms with van der Waals surface area (Å²) in [6.45, 7) is 0. The normalized spacial score (nSPS) is 10.9. The summed E-state index contributed by atoms with van der Waals surface area (Å²) >= 11 is 0. The first-order chi connectivity index (χ1) is 12.1. The van der Waals surface area contributed by atoms with Gasteiger partial charge in [0.15, 0.2) is 5.82 Å². The van der Waals surface area contributed by atoms with Crippen LogP contribution in [0.15, 0.2) is 47.7 Å². The van der Waals surface area contributed by atoms with Crippen molar-refractivity contribution in [3.63, 3.8) is 0 Å². The van der Waals surface area contributed by atoms with Crippen LogP contribution in [0.3, 0.4) is 0 Å². The Balaban J connectivity index is 1.89. The second-order valence-electron chi connectivity index (χ2n) is 4.98. The van der Waals surface area contributed by atoms with Crippen molar-refractivity contribution in [3.8, 4) is 11.5 Å². The SMILES string of the molecule is COc1cc(/C=N\Nc2nncc3ccccc23)cc([N+](=O)[O-])c1[O-]. The molecular weight excluding hydrogens is 326 g/mol. The Bertz CT molecular complexity index is 969. The van der Waals surface area contributed by atoms with E-state index in [0.717, 1.165) is 16.8 Å².